The zero-order chi connectivity index (χ0) is 23.5. The van der Waals surface area contributed by atoms with Crippen LogP contribution in [0.4, 0.5) is 5.69 Å². The summed E-state index contributed by atoms with van der Waals surface area (Å²) in [6.45, 7) is 4.30. The number of allylic oxidation sites excluding steroid dienone is 2. The first-order chi connectivity index (χ1) is 15.9. The third-order valence-electron chi connectivity index (χ3n) is 5.22. The summed E-state index contributed by atoms with van der Waals surface area (Å²) in [7, 11) is 0. The number of hydrogen-bond donors (Lipinski definition) is 0. The van der Waals surface area contributed by atoms with Gasteiger partial charge in [0.1, 0.15) is 16.1 Å². The van der Waals surface area contributed by atoms with Gasteiger partial charge in [-0.3, -0.25) is 19.3 Å². The van der Waals surface area contributed by atoms with Gasteiger partial charge in [0.05, 0.1) is 23.6 Å². The van der Waals surface area contributed by atoms with Gasteiger partial charge >= 0.3 is 0 Å². The Morgan fingerprint density at radius 1 is 1.12 bits per heavy atom. The number of thioether (sulfide) groups is 1. The van der Waals surface area contributed by atoms with Crippen LogP contribution in [0.5, 0.6) is 5.75 Å². The Bertz CT molecular complexity index is 1170. The van der Waals surface area contributed by atoms with Crippen molar-refractivity contribution in [2.24, 2.45) is 0 Å². The molecule has 0 spiro atoms. The van der Waals surface area contributed by atoms with E-state index >= 15 is 0 Å². The molecule has 2 aromatic rings. The predicted octanol–water partition coefficient (Wildman–Crippen LogP) is 4.56. The second-order valence-electron chi connectivity index (χ2n) is 7.56. The van der Waals surface area contributed by atoms with Crippen LogP contribution in [0.2, 0.25) is 0 Å². The molecule has 3 amide bonds. The fourth-order valence-corrected chi connectivity index (χ4v) is 5.16. The van der Waals surface area contributed by atoms with Crippen molar-refractivity contribution in [2.75, 3.05) is 11.5 Å². The highest BCUT2D eigenvalue weighted by Gasteiger charge is 2.48. The second-order valence-corrected chi connectivity index (χ2v) is 9.24. The Labute approximate surface area is 201 Å². The summed E-state index contributed by atoms with van der Waals surface area (Å²) in [5.74, 6) is -0.533. The molecule has 2 saturated heterocycles. The van der Waals surface area contributed by atoms with Gasteiger partial charge in [0.2, 0.25) is 5.91 Å². The molecule has 0 aromatic heterocycles. The molecule has 8 heteroatoms. The van der Waals surface area contributed by atoms with Crippen LogP contribution in [-0.2, 0) is 14.4 Å². The zero-order valence-corrected chi connectivity index (χ0v) is 19.8. The summed E-state index contributed by atoms with van der Waals surface area (Å²) in [5, 5.41) is 0. The summed E-state index contributed by atoms with van der Waals surface area (Å²) in [6, 6.07) is 15.6. The van der Waals surface area contributed by atoms with Gasteiger partial charge in [0.15, 0.2) is 0 Å². The van der Waals surface area contributed by atoms with Crippen LogP contribution in [0.25, 0.3) is 6.08 Å². The Morgan fingerprint density at radius 2 is 1.82 bits per heavy atom. The normalized spacial score (nSPS) is 20.4. The highest BCUT2D eigenvalue weighted by molar-refractivity contribution is 8.26. The van der Waals surface area contributed by atoms with E-state index in [4.69, 9.17) is 17.0 Å². The SMILES string of the molecule is CCOc1ccc(N2C(=O)CC(N3C(=O)/C(=C/C(C)=C/c4ccccc4)SC3=S)C2=O)cc1. The van der Waals surface area contributed by atoms with Gasteiger partial charge in [0, 0.05) is 0 Å². The molecular weight excluding hydrogens is 456 g/mol. The minimum atomic E-state index is -0.944. The number of carbonyl (C=O) groups excluding carboxylic acids is 3. The molecule has 2 fully saturated rings. The van der Waals surface area contributed by atoms with Crippen molar-refractivity contribution in [3.63, 3.8) is 0 Å². The maximum atomic E-state index is 13.2. The molecule has 33 heavy (non-hydrogen) atoms. The molecule has 6 nitrogen and oxygen atoms in total. The van der Waals surface area contributed by atoms with Gasteiger partial charge in [-0.05, 0) is 55.3 Å². The summed E-state index contributed by atoms with van der Waals surface area (Å²) in [5.41, 5.74) is 2.34. The third kappa shape index (κ3) is 4.77. The van der Waals surface area contributed by atoms with Crippen molar-refractivity contribution >= 4 is 57.8 Å². The lowest BCUT2D eigenvalue weighted by Gasteiger charge is -2.21. The number of carbonyl (C=O) groups is 3. The molecule has 0 radical (unpaired) electrons. The molecule has 2 aromatic carbocycles. The van der Waals surface area contributed by atoms with Crippen LogP contribution in [0.3, 0.4) is 0 Å². The minimum absolute atomic E-state index is 0.107. The molecule has 4 rings (SSSR count). The van der Waals surface area contributed by atoms with Crippen molar-refractivity contribution in [3.8, 4) is 5.75 Å². The van der Waals surface area contributed by atoms with Crippen LogP contribution in [-0.4, -0.2) is 39.6 Å². The first-order valence-corrected chi connectivity index (χ1v) is 11.7. The van der Waals surface area contributed by atoms with E-state index in [1.54, 1.807) is 30.3 Å². The summed E-state index contributed by atoms with van der Waals surface area (Å²) < 4.78 is 5.69. The number of hydrogen-bond acceptors (Lipinski definition) is 6. The topological polar surface area (TPSA) is 66.9 Å². The molecule has 2 aliphatic heterocycles. The number of amides is 3. The molecule has 0 saturated carbocycles. The lowest BCUT2D eigenvalue weighted by Crippen LogP contribution is -2.44. The van der Waals surface area contributed by atoms with Crippen molar-refractivity contribution in [3.05, 3.63) is 76.7 Å². The van der Waals surface area contributed by atoms with E-state index < -0.39 is 11.9 Å². The van der Waals surface area contributed by atoms with E-state index in [1.165, 1.54) is 4.90 Å². The Hall–Kier alpha value is -3.23. The minimum Gasteiger partial charge on any atom is -0.494 e. The standard InChI is InChI=1S/C25H22N2O4S2/c1-3-31-19-11-9-18(10-12-19)26-22(28)15-20(23(26)29)27-24(30)21(33-25(27)32)14-16(2)13-17-7-5-4-6-8-17/h4-14,20H,3,15H2,1-2H3/b16-13+,21-14-. The van der Waals surface area contributed by atoms with E-state index in [0.29, 0.717) is 22.9 Å². The second kappa shape index (κ2) is 9.72. The number of thiocarbonyl (C=S) groups is 1. The average Bonchev–Trinajstić information content (AvgIpc) is 3.23. The van der Waals surface area contributed by atoms with Gasteiger partial charge in [0.25, 0.3) is 11.8 Å². The van der Waals surface area contributed by atoms with Crippen LogP contribution in [0.15, 0.2) is 71.2 Å². The molecule has 1 unspecified atom stereocenters. The molecule has 1 atom stereocenters. The van der Waals surface area contributed by atoms with Crippen LogP contribution >= 0.6 is 24.0 Å². The number of anilines is 1. The van der Waals surface area contributed by atoms with Crippen molar-refractivity contribution in [2.45, 2.75) is 26.3 Å². The molecule has 0 aliphatic carbocycles. The van der Waals surface area contributed by atoms with Gasteiger partial charge in [-0.2, -0.15) is 0 Å². The van der Waals surface area contributed by atoms with E-state index in [1.807, 2.05) is 50.3 Å². The lowest BCUT2D eigenvalue weighted by molar-refractivity contribution is -0.130. The number of ether oxygens (including phenoxy) is 1. The van der Waals surface area contributed by atoms with E-state index in [9.17, 15) is 14.4 Å². The van der Waals surface area contributed by atoms with Crippen LogP contribution < -0.4 is 9.64 Å². The molecule has 2 heterocycles. The first kappa shape index (κ1) is 22.9. The summed E-state index contributed by atoms with van der Waals surface area (Å²) in [6.07, 6.45) is 3.62. The molecular formula is C25H22N2O4S2. The number of imide groups is 1. The largest absolute Gasteiger partial charge is 0.494 e. The van der Waals surface area contributed by atoms with Crippen molar-refractivity contribution in [1.82, 2.24) is 4.90 Å². The quantitative estimate of drug-likeness (QED) is 0.344. The van der Waals surface area contributed by atoms with Gasteiger partial charge in [-0.1, -0.05) is 60.4 Å². The summed E-state index contributed by atoms with van der Waals surface area (Å²) >= 11 is 6.56. The maximum absolute atomic E-state index is 13.2. The number of nitrogens with zero attached hydrogens (tertiary/aromatic N) is 2. The zero-order valence-electron chi connectivity index (χ0n) is 18.2. The van der Waals surface area contributed by atoms with Gasteiger partial charge in [-0.15, -0.1) is 0 Å². The lowest BCUT2D eigenvalue weighted by atomic mass is 10.1. The highest BCUT2D eigenvalue weighted by Crippen LogP contribution is 2.37. The van der Waals surface area contributed by atoms with E-state index in [0.717, 1.165) is 27.8 Å². The molecule has 168 valence electrons. The van der Waals surface area contributed by atoms with Gasteiger partial charge in [-0.25, -0.2) is 4.90 Å². The predicted molar refractivity (Wildman–Crippen MR) is 134 cm³/mol. The van der Waals surface area contributed by atoms with Crippen LogP contribution in [0.1, 0.15) is 25.8 Å². The Balaban J connectivity index is 1.53. The fraction of sp³-hybridized carbons (Fsp3) is 0.200. The smallest absolute Gasteiger partial charge is 0.266 e. The third-order valence-corrected chi connectivity index (χ3v) is 6.55. The Kier molecular flexibility index (Phi) is 6.76. The molecule has 0 N–H and O–H groups in total. The first-order valence-electron chi connectivity index (χ1n) is 10.5. The van der Waals surface area contributed by atoms with Crippen LogP contribution in [0, 0.1) is 0 Å². The highest BCUT2D eigenvalue weighted by atomic mass is 32.2. The van der Waals surface area contributed by atoms with Crippen molar-refractivity contribution in [1.29, 1.82) is 0 Å². The molecule has 2 aliphatic rings. The number of rotatable bonds is 6. The van der Waals surface area contributed by atoms with Gasteiger partial charge < -0.3 is 4.74 Å². The maximum Gasteiger partial charge on any atom is 0.266 e. The Morgan fingerprint density at radius 3 is 2.48 bits per heavy atom. The van der Waals surface area contributed by atoms with Crippen molar-refractivity contribution < 1.29 is 19.1 Å². The number of benzene rings is 2. The molecule has 0 bridgehead atoms. The monoisotopic (exact) mass is 478 g/mol. The fourth-order valence-electron chi connectivity index (χ4n) is 3.76. The van der Waals surface area contributed by atoms with E-state index in [-0.39, 0.29) is 22.6 Å². The average molecular weight is 479 g/mol. The van der Waals surface area contributed by atoms with E-state index in [2.05, 4.69) is 0 Å². The summed E-state index contributed by atoms with van der Waals surface area (Å²) in [4.78, 5) is 41.8.